The zero-order valence-corrected chi connectivity index (χ0v) is 20.7. The van der Waals surface area contributed by atoms with Crippen molar-refractivity contribution in [3.05, 3.63) is 58.2 Å². The normalized spacial score (nSPS) is 15.5. The summed E-state index contributed by atoms with van der Waals surface area (Å²) in [6.07, 6.45) is 6.84. The summed E-state index contributed by atoms with van der Waals surface area (Å²) in [5.41, 5.74) is 5.25. The minimum atomic E-state index is -3.99. The Balaban J connectivity index is 1.44. The Morgan fingerprint density at radius 3 is 2.82 bits per heavy atom. The number of aryl methyl sites for hydroxylation is 1. The van der Waals surface area contributed by atoms with Crippen molar-refractivity contribution in [1.82, 2.24) is 14.6 Å². The molecular weight excluding hydrogens is 472 g/mol. The Labute approximate surface area is 203 Å². The number of hydrogen-bond donors (Lipinski definition) is 2. The molecule has 2 amide bonds. The van der Waals surface area contributed by atoms with Crippen LogP contribution >= 0.6 is 11.3 Å². The molecule has 3 aromatic rings. The van der Waals surface area contributed by atoms with Crippen LogP contribution in [0.5, 0.6) is 5.75 Å². The van der Waals surface area contributed by atoms with E-state index in [9.17, 15) is 13.2 Å². The van der Waals surface area contributed by atoms with Gasteiger partial charge in [-0.1, -0.05) is 12.1 Å². The molecular formula is C24H26N4O4S2. The number of nitrogens with one attached hydrogen (secondary N) is 2. The van der Waals surface area contributed by atoms with E-state index in [1.807, 2.05) is 13.1 Å². The first-order valence-electron chi connectivity index (χ1n) is 11.1. The predicted molar refractivity (Wildman–Crippen MR) is 132 cm³/mol. The summed E-state index contributed by atoms with van der Waals surface area (Å²) in [4.78, 5) is 20.4. The fourth-order valence-electron chi connectivity index (χ4n) is 4.69. The lowest BCUT2D eigenvalue weighted by Gasteiger charge is -2.21. The van der Waals surface area contributed by atoms with Crippen molar-refractivity contribution in [1.29, 1.82) is 0 Å². The van der Waals surface area contributed by atoms with E-state index < -0.39 is 16.1 Å². The Bertz CT molecular complexity index is 1370. The van der Waals surface area contributed by atoms with Crippen LogP contribution in [0.15, 0.2) is 40.9 Å². The molecule has 0 saturated heterocycles. The molecule has 0 atom stereocenters. The van der Waals surface area contributed by atoms with Crippen LogP contribution in [0.25, 0.3) is 11.1 Å². The number of methoxy groups -OCH3 is 1. The number of sulfonamides is 1. The van der Waals surface area contributed by atoms with E-state index >= 15 is 0 Å². The second-order valence-electron chi connectivity index (χ2n) is 8.62. The highest BCUT2D eigenvalue weighted by molar-refractivity contribution is 7.92. The zero-order valence-electron chi connectivity index (χ0n) is 19.1. The molecule has 2 N–H and O–H groups in total. The first-order chi connectivity index (χ1) is 16.4. The number of fused-ring (bicyclic) bond motifs is 2. The third-order valence-electron chi connectivity index (χ3n) is 6.34. The first kappa shape index (κ1) is 22.8. The van der Waals surface area contributed by atoms with Gasteiger partial charge in [0, 0.05) is 41.5 Å². The lowest BCUT2D eigenvalue weighted by Crippen LogP contribution is -2.34. The number of aromatic nitrogens is 1. The maximum Gasteiger partial charge on any atom is 0.333 e. The molecule has 1 aromatic carbocycles. The minimum Gasteiger partial charge on any atom is -0.496 e. The van der Waals surface area contributed by atoms with Crippen molar-refractivity contribution in [2.75, 3.05) is 26.0 Å². The molecule has 1 aliphatic heterocycles. The Kier molecular flexibility index (Phi) is 6.05. The molecule has 34 heavy (non-hydrogen) atoms. The van der Waals surface area contributed by atoms with Gasteiger partial charge in [0.2, 0.25) is 0 Å². The average molecular weight is 499 g/mol. The fraction of sp³-hybridized carbons (Fsp3) is 0.333. The molecule has 0 radical (unpaired) electrons. The van der Waals surface area contributed by atoms with Crippen LogP contribution in [0.3, 0.4) is 0 Å². The number of hydrogen-bond acceptors (Lipinski definition) is 7. The van der Waals surface area contributed by atoms with E-state index in [-0.39, 0.29) is 4.21 Å². The second kappa shape index (κ2) is 9.01. The van der Waals surface area contributed by atoms with Gasteiger partial charge < -0.3 is 15.0 Å². The molecule has 178 valence electrons. The van der Waals surface area contributed by atoms with Gasteiger partial charge in [-0.2, -0.15) is 0 Å². The first-order valence-corrected chi connectivity index (χ1v) is 13.4. The SMILES string of the molecule is COc1ccncc1-c1ccc2c(c1NC(=O)NS(=O)(=O)c1cc3c(s1)CCN(C)C3)CCC2. The predicted octanol–water partition coefficient (Wildman–Crippen LogP) is 3.81. The minimum absolute atomic E-state index is 0.162. The third kappa shape index (κ3) is 4.28. The number of likely N-dealkylation sites (N-methyl/N-ethyl adjacent to an activating group) is 1. The van der Waals surface area contributed by atoms with Crippen LogP contribution in [-0.4, -0.2) is 45.0 Å². The van der Waals surface area contributed by atoms with Gasteiger partial charge in [-0.25, -0.2) is 17.9 Å². The highest BCUT2D eigenvalue weighted by Crippen LogP contribution is 2.40. The molecule has 0 saturated carbocycles. The van der Waals surface area contributed by atoms with E-state index in [1.54, 1.807) is 31.6 Å². The van der Waals surface area contributed by atoms with Crippen LogP contribution < -0.4 is 14.8 Å². The van der Waals surface area contributed by atoms with Crippen LogP contribution in [0, 0.1) is 0 Å². The molecule has 0 spiro atoms. The number of anilines is 1. The number of carbonyl (C=O) groups excluding carboxylic acids is 1. The van der Waals surface area contributed by atoms with Crippen molar-refractivity contribution in [2.24, 2.45) is 0 Å². The molecule has 8 nitrogen and oxygen atoms in total. The van der Waals surface area contributed by atoms with Crippen LogP contribution in [0.1, 0.15) is 28.0 Å². The number of nitrogens with zero attached hydrogens (tertiary/aromatic N) is 2. The molecule has 0 fully saturated rings. The number of thiophene rings is 1. The molecule has 0 bridgehead atoms. The van der Waals surface area contributed by atoms with Gasteiger partial charge >= 0.3 is 6.03 Å². The van der Waals surface area contributed by atoms with E-state index in [0.29, 0.717) is 18.0 Å². The average Bonchev–Trinajstić information content (AvgIpc) is 3.46. The zero-order chi connectivity index (χ0) is 23.9. The molecule has 2 aliphatic rings. The van der Waals surface area contributed by atoms with Crippen molar-refractivity contribution < 1.29 is 17.9 Å². The highest BCUT2D eigenvalue weighted by Gasteiger charge is 2.27. The maximum absolute atomic E-state index is 13.0. The summed E-state index contributed by atoms with van der Waals surface area (Å²) in [5, 5.41) is 2.84. The summed E-state index contributed by atoms with van der Waals surface area (Å²) in [7, 11) is -0.407. The standard InChI is InChI=1S/C24H26N4O4S2/c1-28-11-9-21-16(14-28)12-22(33-21)34(30,31)27-24(29)26-23-17-5-3-4-15(17)6-7-18(23)19-13-25-10-8-20(19)32-2/h6-8,10,12-13H,3-5,9,11,14H2,1-2H3,(H2,26,27,29). The number of ether oxygens (including phenoxy) is 1. The van der Waals surface area contributed by atoms with Crippen molar-refractivity contribution in [3.8, 4) is 16.9 Å². The monoisotopic (exact) mass is 498 g/mol. The number of rotatable bonds is 5. The van der Waals surface area contributed by atoms with Crippen LogP contribution in [0.4, 0.5) is 10.5 Å². The number of pyridine rings is 1. The molecule has 5 rings (SSSR count). The number of amides is 2. The van der Waals surface area contributed by atoms with Crippen molar-refractivity contribution in [2.45, 2.75) is 36.4 Å². The molecule has 2 aromatic heterocycles. The molecule has 10 heteroatoms. The fourth-order valence-corrected chi connectivity index (χ4v) is 7.14. The Morgan fingerprint density at radius 1 is 1.15 bits per heavy atom. The van der Waals surface area contributed by atoms with Crippen LogP contribution in [0.2, 0.25) is 0 Å². The summed E-state index contributed by atoms with van der Waals surface area (Å²) in [6.45, 7) is 1.60. The van der Waals surface area contributed by atoms with Gasteiger partial charge in [-0.05, 0) is 61.6 Å². The topological polar surface area (TPSA) is 101 Å². The Hall–Kier alpha value is -2.95. The summed E-state index contributed by atoms with van der Waals surface area (Å²) >= 11 is 1.24. The number of carbonyl (C=O) groups is 1. The quantitative estimate of drug-likeness (QED) is 0.555. The molecule has 1 aliphatic carbocycles. The number of urea groups is 1. The lowest BCUT2D eigenvalue weighted by molar-refractivity contribution is 0.256. The van der Waals surface area contributed by atoms with Gasteiger partial charge in [-0.3, -0.25) is 4.98 Å². The van der Waals surface area contributed by atoms with E-state index in [4.69, 9.17) is 4.74 Å². The summed E-state index contributed by atoms with van der Waals surface area (Å²) in [5.74, 6) is 0.623. The highest BCUT2D eigenvalue weighted by atomic mass is 32.2. The smallest absolute Gasteiger partial charge is 0.333 e. The largest absolute Gasteiger partial charge is 0.496 e. The van der Waals surface area contributed by atoms with Gasteiger partial charge in [0.25, 0.3) is 10.0 Å². The van der Waals surface area contributed by atoms with Gasteiger partial charge in [0.05, 0.1) is 12.8 Å². The van der Waals surface area contributed by atoms with Crippen molar-refractivity contribution >= 4 is 33.1 Å². The summed E-state index contributed by atoms with van der Waals surface area (Å²) in [6, 6.07) is 6.63. The molecule has 0 unspecified atom stereocenters. The number of benzene rings is 1. The van der Waals surface area contributed by atoms with E-state index in [0.717, 1.165) is 64.9 Å². The van der Waals surface area contributed by atoms with E-state index in [2.05, 4.69) is 26.0 Å². The van der Waals surface area contributed by atoms with Crippen LogP contribution in [-0.2, 0) is 35.8 Å². The molecule has 3 heterocycles. The van der Waals surface area contributed by atoms with Gasteiger partial charge in [0.1, 0.15) is 9.96 Å². The van der Waals surface area contributed by atoms with E-state index in [1.165, 1.54) is 11.3 Å². The van der Waals surface area contributed by atoms with Crippen molar-refractivity contribution in [3.63, 3.8) is 0 Å². The second-order valence-corrected chi connectivity index (χ2v) is 11.7. The lowest BCUT2D eigenvalue weighted by atomic mass is 9.97. The van der Waals surface area contributed by atoms with Gasteiger partial charge in [-0.15, -0.1) is 11.3 Å². The maximum atomic E-state index is 13.0. The van der Waals surface area contributed by atoms with Gasteiger partial charge in [0.15, 0.2) is 0 Å². The summed E-state index contributed by atoms with van der Waals surface area (Å²) < 4.78 is 33.9. The Morgan fingerprint density at radius 2 is 2.00 bits per heavy atom. The third-order valence-corrected chi connectivity index (χ3v) is 9.38.